The number of esters is 2. The summed E-state index contributed by atoms with van der Waals surface area (Å²) in [6.07, 6.45) is -0.241. The van der Waals surface area contributed by atoms with Crippen LogP contribution in [0, 0.1) is 0 Å². The van der Waals surface area contributed by atoms with Gasteiger partial charge in [-0.3, -0.25) is 19.2 Å². The molecule has 0 bridgehead atoms. The third kappa shape index (κ3) is 4.42. The SMILES string of the molecule is O=C(OCC1CO1)c1cccc(-n2c(=O)c3cc4c(=O)n(-c5cccc(C(=O)OCC6CO6)c5)c(=O)c4cc3c2=O)c1. The first kappa shape index (κ1) is 25.7. The molecule has 2 aliphatic heterocycles. The molecule has 42 heavy (non-hydrogen) atoms. The van der Waals surface area contributed by atoms with Crippen LogP contribution in [0.3, 0.4) is 0 Å². The third-order valence-electron chi connectivity index (χ3n) is 7.18. The molecule has 2 atom stereocenters. The van der Waals surface area contributed by atoms with E-state index >= 15 is 0 Å². The second-order valence-corrected chi connectivity index (χ2v) is 10.0. The van der Waals surface area contributed by atoms with Gasteiger partial charge in [0.15, 0.2) is 0 Å². The van der Waals surface area contributed by atoms with E-state index in [9.17, 15) is 28.8 Å². The molecule has 2 aromatic heterocycles. The molecule has 12 heteroatoms. The standard InChI is InChI=1S/C30H20N2O10/c33-25-21-9-23-24(28(36)32(27(23)35)18-6-2-4-16(8-18)30(38)42-14-20-12-40-20)10-22(21)26(34)31(25)17-5-1-3-15(7-17)29(37)41-13-19-11-39-19/h1-10,19-20H,11-14H2. The monoisotopic (exact) mass is 568 g/mol. The van der Waals surface area contributed by atoms with Crippen molar-refractivity contribution in [1.29, 1.82) is 0 Å². The molecule has 0 spiro atoms. The van der Waals surface area contributed by atoms with Gasteiger partial charge in [0.05, 0.1) is 57.3 Å². The Kier molecular flexibility index (Phi) is 5.96. The fourth-order valence-electron chi connectivity index (χ4n) is 4.82. The van der Waals surface area contributed by atoms with Crippen molar-refractivity contribution in [3.05, 3.63) is 113 Å². The van der Waals surface area contributed by atoms with Crippen LogP contribution in [0.15, 0.2) is 79.8 Å². The molecule has 210 valence electrons. The van der Waals surface area contributed by atoms with Crippen molar-refractivity contribution >= 4 is 33.5 Å². The number of epoxide rings is 2. The Labute approximate surface area is 234 Å². The first-order valence-electron chi connectivity index (χ1n) is 13.0. The first-order valence-corrected chi connectivity index (χ1v) is 13.0. The molecular formula is C30H20N2O10. The third-order valence-corrected chi connectivity index (χ3v) is 7.18. The fourth-order valence-corrected chi connectivity index (χ4v) is 4.82. The fraction of sp³-hybridized carbons (Fsp3) is 0.200. The molecule has 0 radical (unpaired) electrons. The van der Waals surface area contributed by atoms with Gasteiger partial charge in [0.1, 0.15) is 25.4 Å². The highest BCUT2D eigenvalue weighted by molar-refractivity contribution is 5.98. The molecule has 2 unspecified atom stereocenters. The van der Waals surface area contributed by atoms with E-state index in [1.807, 2.05) is 0 Å². The van der Waals surface area contributed by atoms with E-state index in [1.54, 1.807) is 0 Å². The number of fused-ring (bicyclic) bond motifs is 2. The van der Waals surface area contributed by atoms with E-state index in [0.29, 0.717) is 13.2 Å². The average molecular weight is 568 g/mol. The summed E-state index contributed by atoms with van der Waals surface area (Å²) in [5, 5.41) is -0.221. The highest BCUT2D eigenvalue weighted by atomic mass is 16.6. The van der Waals surface area contributed by atoms with Crippen LogP contribution in [-0.2, 0) is 18.9 Å². The molecule has 0 aliphatic carbocycles. The average Bonchev–Trinajstić information content (AvgIpc) is 3.94. The van der Waals surface area contributed by atoms with Crippen LogP contribution < -0.4 is 22.2 Å². The minimum absolute atomic E-state index is 0.0553. The molecule has 0 saturated carbocycles. The Morgan fingerprint density at radius 2 is 0.976 bits per heavy atom. The molecule has 3 aromatic carbocycles. The largest absolute Gasteiger partial charge is 0.459 e. The molecular weight excluding hydrogens is 548 g/mol. The summed E-state index contributed by atoms with van der Waals surface area (Å²) in [5.74, 6) is -1.26. The Hall–Kier alpha value is -5.20. The van der Waals surface area contributed by atoms with Crippen molar-refractivity contribution in [2.75, 3.05) is 26.4 Å². The number of hydrogen-bond donors (Lipinski definition) is 0. The van der Waals surface area contributed by atoms with Crippen molar-refractivity contribution in [1.82, 2.24) is 9.13 Å². The molecule has 0 N–H and O–H groups in total. The summed E-state index contributed by atoms with van der Waals surface area (Å²) < 4.78 is 22.2. The number of rotatable bonds is 8. The van der Waals surface area contributed by atoms with Crippen LogP contribution >= 0.6 is 0 Å². The van der Waals surface area contributed by atoms with E-state index in [1.165, 1.54) is 60.7 Å². The van der Waals surface area contributed by atoms with E-state index in [-0.39, 0.29) is 69.5 Å². The minimum Gasteiger partial charge on any atom is -0.459 e. The molecule has 7 rings (SSSR count). The predicted octanol–water partition coefficient (Wildman–Crippen LogP) is 1.00. The van der Waals surface area contributed by atoms with Gasteiger partial charge in [0.2, 0.25) is 0 Å². The number of carbonyl (C=O) groups excluding carboxylic acids is 2. The molecule has 2 fully saturated rings. The Morgan fingerprint density at radius 1 is 0.619 bits per heavy atom. The molecule has 4 heterocycles. The molecule has 12 nitrogen and oxygen atoms in total. The summed E-state index contributed by atoms with van der Waals surface area (Å²) in [4.78, 5) is 78.4. The number of hydrogen-bond acceptors (Lipinski definition) is 10. The second kappa shape index (κ2) is 9.72. The first-order chi connectivity index (χ1) is 20.3. The van der Waals surface area contributed by atoms with E-state index in [4.69, 9.17) is 18.9 Å². The van der Waals surface area contributed by atoms with Gasteiger partial charge in [-0.25, -0.2) is 18.7 Å². The van der Waals surface area contributed by atoms with Crippen molar-refractivity contribution < 1.29 is 28.5 Å². The lowest BCUT2D eigenvalue weighted by Gasteiger charge is -2.05. The zero-order chi connectivity index (χ0) is 29.1. The van der Waals surface area contributed by atoms with Crippen LogP contribution in [-0.4, -0.2) is 59.7 Å². The van der Waals surface area contributed by atoms with Crippen molar-refractivity contribution in [3.8, 4) is 11.4 Å². The lowest BCUT2D eigenvalue weighted by atomic mass is 10.1. The maximum Gasteiger partial charge on any atom is 0.338 e. The predicted molar refractivity (Wildman–Crippen MR) is 148 cm³/mol. The van der Waals surface area contributed by atoms with Gasteiger partial charge in [-0.15, -0.1) is 0 Å². The van der Waals surface area contributed by atoms with Crippen molar-refractivity contribution in [2.45, 2.75) is 12.2 Å². The topological polar surface area (TPSA) is 156 Å². The zero-order valence-electron chi connectivity index (χ0n) is 21.7. The van der Waals surface area contributed by atoms with E-state index in [2.05, 4.69) is 0 Å². The van der Waals surface area contributed by atoms with Gasteiger partial charge >= 0.3 is 11.9 Å². The minimum atomic E-state index is -0.710. The van der Waals surface area contributed by atoms with Gasteiger partial charge in [-0.1, -0.05) is 12.1 Å². The molecule has 2 aliphatic rings. The summed E-state index contributed by atoms with van der Waals surface area (Å²) in [6, 6.07) is 14.2. The van der Waals surface area contributed by atoms with Crippen LogP contribution in [0.1, 0.15) is 20.7 Å². The molecule has 0 amide bonds. The van der Waals surface area contributed by atoms with Crippen LogP contribution in [0.2, 0.25) is 0 Å². The number of ether oxygens (including phenoxy) is 4. The maximum absolute atomic E-state index is 13.4. The van der Waals surface area contributed by atoms with Gasteiger partial charge in [0.25, 0.3) is 22.2 Å². The van der Waals surface area contributed by atoms with Gasteiger partial charge in [-0.2, -0.15) is 0 Å². The smallest absolute Gasteiger partial charge is 0.338 e. The normalized spacial score (nSPS) is 17.4. The second-order valence-electron chi connectivity index (χ2n) is 10.0. The highest BCUT2D eigenvalue weighted by Gasteiger charge is 2.26. The number of carbonyl (C=O) groups is 2. The van der Waals surface area contributed by atoms with Gasteiger partial charge in [-0.05, 0) is 48.5 Å². The Balaban J connectivity index is 1.28. The lowest BCUT2D eigenvalue weighted by molar-refractivity contribution is 0.0468. The van der Waals surface area contributed by atoms with Crippen molar-refractivity contribution in [3.63, 3.8) is 0 Å². The van der Waals surface area contributed by atoms with Crippen LogP contribution in [0.5, 0.6) is 0 Å². The zero-order valence-corrected chi connectivity index (χ0v) is 21.7. The van der Waals surface area contributed by atoms with E-state index < -0.39 is 34.2 Å². The highest BCUT2D eigenvalue weighted by Crippen LogP contribution is 2.19. The van der Waals surface area contributed by atoms with Crippen LogP contribution in [0.4, 0.5) is 0 Å². The summed E-state index contributed by atoms with van der Waals surface area (Å²) >= 11 is 0. The Bertz CT molecular complexity index is 1910. The number of benzene rings is 3. The van der Waals surface area contributed by atoms with Gasteiger partial charge in [0, 0.05) is 0 Å². The number of aromatic nitrogens is 2. The maximum atomic E-state index is 13.4. The van der Waals surface area contributed by atoms with Crippen LogP contribution in [0.25, 0.3) is 32.9 Å². The van der Waals surface area contributed by atoms with E-state index in [0.717, 1.165) is 9.13 Å². The summed E-state index contributed by atoms with van der Waals surface area (Å²) in [6.45, 7) is 1.25. The number of nitrogens with zero attached hydrogens (tertiary/aromatic N) is 2. The van der Waals surface area contributed by atoms with Gasteiger partial charge < -0.3 is 18.9 Å². The Morgan fingerprint density at radius 3 is 1.31 bits per heavy atom. The molecule has 5 aromatic rings. The summed E-state index contributed by atoms with van der Waals surface area (Å²) in [7, 11) is 0. The van der Waals surface area contributed by atoms with Crippen molar-refractivity contribution in [2.24, 2.45) is 0 Å². The molecule has 2 saturated heterocycles. The lowest BCUT2D eigenvalue weighted by Crippen LogP contribution is -2.24. The quantitative estimate of drug-likeness (QED) is 0.196. The summed E-state index contributed by atoms with van der Waals surface area (Å²) in [5.41, 5.74) is -2.30.